The summed E-state index contributed by atoms with van der Waals surface area (Å²) >= 11 is 1.15. The first-order chi connectivity index (χ1) is 11.2. The van der Waals surface area contributed by atoms with Crippen LogP contribution in [0.25, 0.3) is 16.3 Å². The number of carbonyl (C=O) groups excluding carboxylic acids is 1. The molecule has 0 unspecified atom stereocenters. The van der Waals surface area contributed by atoms with Gasteiger partial charge >= 0.3 is 0 Å². The van der Waals surface area contributed by atoms with Crippen molar-refractivity contribution in [2.24, 2.45) is 0 Å². The van der Waals surface area contributed by atoms with Crippen LogP contribution in [0.5, 0.6) is 0 Å². The van der Waals surface area contributed by atoms with E-state index in [1.807, 2.05) is 0 Å². The average Bonchev–Trinajstić information content (AvgIpc) is 3.23. The highest BCUT2D eigenvalue weighted by atomic mass is 32.1. The van der Waals surface area contributed by atoms with Crippen LogP contribution in [0.1, 0.15) is 10.6 Å². The van der Waals surface area contributed by atoms with E-state index in [1.54, 1.807) is 24.3 Å². The standard InChI is InChI=1S/C14H8FN5O2S/c15-9-4-1-3-8(7-9)11-17-18-14-20(11)19-13(23-14)16-12(21)10-5-2-6-22-10/h1-7H,(H,16,19,21). The molecule has 4 rings (SSSR count). The van der Waals surface area contributed by atoms with E-state index >= 15 is 0 Å². The smallest absolute Gasteiger partial charge is 0.293 e. The second-order valence-corrected chi connectivity index (χ2v) is 5.52. The van der Waals surface area contributed by atoms with E-state index in [0.717, 1.165) is 11.3 Å². The molecule has 0 saturated heterocycles. The van der Waals surface area contributed by atoms with Gasteiger partial charge in [-0.2, -0.15) is 4.52 Å². The van der Waals surface area contributed by atoms with Gasteiger partial charge in [-0.05, 0) is 24.3 Å². The van der Waals surface area contributed by atoms with Gasteiger partial charge in [-0.25, -0.2) is 4.39 Å². The summed E-state index contributed by atoms with van der Waals surface area (Å²) in [7, 11) is 0. The van der Waals surface area contributed by atoms with Crippen molar-refractivity contribution in [3.8, 4) is 11.4 Å². The van der Waals surface area contributed by atoms with Gasteiger partial charge in [-0.15, -0.1) is 15.3 Å². The number of halogens is 1. The maximum Gasteiger partial charge on any atom is 0.293 e. The SMILES string of the molecule is O=C(Nc1nn2c(-c3cccc(F)c3)nnc2s1)c1ccco1. The quantitative estimate of drug-likeness (QED) is 0.625. The molecule has 0 aliphatic heterocycles. The van der Waals surface area contributed by atoms with Gasteiger partial charge < -0.3 is 4.42 Å². The molecule has 1 aromatic carbocycles. The molecule has 0 saturated carbocycles. The Balaban J connectivity index is 1.68. The molecular weight excluding hydrogens is 321 g/mol. The third-order valence-electron chi connectivity index (χ3n) is 3.04. The van der Waals surface area contributed by atoms with Crippen molar-refractivity contribution in [1.82, 2.24) is 19.8 Å². The molecule has 0 fully saturated rings. The molecule has 0 atom stereocenters. The van der Waals surface area contributed by atoms with E-state index in [9.17, 15) is 9.18 Å². The van der Waals surface area contributed by atoms with Crippen LogP contribution in [0.2, 0.25) is 0 Å². The van der Waals surface area contributed by atoms with Crippen molar-refractivity contribution in [2.45, 2.75) is 0 Å². The molecule has 1 amide bonds. The molecule has 0 radical (unpaired) electrons. The number of amides is 1. The minimum atomic E-state index is -0.410. The van der Waals surface area contributed by atoms with Crippen LogP contribution in [0.3, 0.4) is 0 Å². The minimum absolute atomic E-state index is 0.182. The predicted molar refractivity (Wildman–Crippen MR) is 80.7 cm³/mol. The van der Waals surface area contributed by atoms with Gasteiger partial charge in [0.25, 0.3) is 5.91 Å². The Bertz CT molecular complexity index is 992. The summed E-state index contributed by atoms with van der Waals surface area (Å²) in [6.07, 6.45) is 1.41. The molecule has 114 valence electrons. The summed E-state index contributed by atoms with van der Waals surface area (Å²) in [6, 6.07) is 9.15. The average molecular weight is 329 g/mol. The molecule has 3 heterocycles. The molecule has 3 aromatic heterocycles. The van der Waals surface area contributed by atoms with E-state index in [4.69, 9.17) is 4.42 Å². The number of benzene rings is 1. The molecule has 1 N–H and O–H groups in total. The Morgan fingerprint density at radius 3 is 2.96 bits per heavy atom. The van der Waals surface area contributed by atoms with Crippen molar-refractivity contribution < 1.29 is 13.6 Å². The highest BCUT2D eigenvalue weighted by Crippen LogP contribution is 2.24. The molecule has 0 aliphatic carbocycles. The van der Waals surface area contributed by atoms with E-state index in [-0.39, 0.29) is 11.6 Å². The van der Waals surface area contributed by atoms with Crippen LogP contribution in [0.15, 0.2) is 47.1 Å². The van der Waals surface area contributed by atoms with Gasteiger partial charge in [-0.3, -0.25) is 10.1 Å². The van der Waals surface area contributed by atoms with Crippen LogP contribution < -0.4 is 5.32 Å². The Morgan fingerprint density at radius 1 is 1.26 bits per heavy atom. The van der Waals surface area contributed by atoms with Crippen LogP contribution in [0.4, 0.5) is 9.52 Å². The Kier molecular flexibility index (Phi) is 3.12. The summed E-state index contributed by atoms with van der Waals surface area (Å²) in [5.74, 6) is -0.205. The molecule has 4 aromatic rings. The lowest BCUT2D eigenvalue weighted by Gasteiger charge is -1.98. The summed E-state index contributed by atoms with van der Waals surface area (Å²) in [4.78, 5) is 12.4. The van der Waals surface area contributed by atoms with E-state index in [2.05, 4.69) is 20.6 Å². The second-order valence-electron chi connectivity index (χ2n) is 4.57. The zero-order chi connectivity index (χ0) is 15.8. The number of anilines is 1. The fourth-order valence-corrected chi connectivity index (χ4v) is 2.78. The van der Waals surface area contributed by atoms with Gasteiger partial charge in [-0.1, -0.05) is 23.5 Å². The lowest BCUT2D eigenvalue weighted by molar-refractivity contribution is 0.0996. The normalized spacial score (nSPS) is 11.0. The highest BCUT2D eigenvalue weighted by Gasteiger charge is 2.16. The number of furan rings is 1. The first kappa shape index (κ1) is 13.6. The lowest BCUT2D eigenvalue weighted by Crippen LogP contribution is -2.10. The zero-order valence-corrected chi connectivity index (χ0v) is 12.2. The summed E-state index contributed by atoms with van der Waals surface area (Å²) in [6.45, 7) is 0. The Morgan fingerprint density at radius 2 is 2.17 bits per heavy atom. The Labute approximate surface area is 132 Å². The molecule has 23 heavy (non-hydrogen) atoms. The number of hydrogen-bond donors (Lipinski definition) is 1. The molecule has 0 bridgehead atoms. The topological polar surface area (TPSA) is 85.3 Å². The predicted octanol–water partition coefficient (Wildman–Crippen LogP) is 2.84. The van der Waals surface area contributed by atoms with Gasteiger partial charge in [0.15, 0.2) is 11.6 Å². The first-order valence-electron chi connectivity index (χ1n) is 6.54. The summed E-state index contributed by atoms with van der Waals surface area (Å²) < 4.78 is 19.8. The summed E-state index contributed by atoms with van der Waals surface area (Å²) in [5, 5.41) is 15.2. The molecule has 0 aliphatic rings. The number of nitrogens with one attached hydrogen (secondary N) is 1. The number of aromatic nitrogens is 4. The van der Waals surface area contributed by atoms with Crippen molar-refractivity contribution in [3.63, 3.8) is 0 Å². The number of fused-ring (bicyclic) bond motifs is 1. The summed E-state index contributed by atoms with van der Waals surface area (Å²) in [5.41, 5.74) is 0.548. The first-order valence-corrected chi connectivity index (χ1v) is 7.35. The van der Waals surface area contributed by atoms with Crippen LogP contribution in [0, 0.1) is 5.82 Å². The third-order valence-corrected chi connectivity index (χ3v) is 3.85. The molecule has 7 nitrogen and oxygen atoms in total. The molecular formula is C14H8FN5O2S. The van der Waals surface area contributed by atoms with Gasteiger partial charge in [0.05, 0.1) is 6.26 Å². The Hall–Kier alpha value is -3.07. The number of rotatable bonds is 3. The van der Waals surface area contributed by atoms with Crippen LogP contribution in [-0.4, -0.2) is 25.7 Å². The van der Waals surface area contributed by atoms with Gasteiger partial charge in [0, 0.05) is 5.56 Å². The second kappa shape index (κ2) is 5.29. The van der Waals surface area contributed by atoms with Crippen molar-refractivity contribution in [3.05, 3.63) is 54.2 Å². The minimum Gasteiger partial charge on any atom is -0.459 e. The van der Waals surface area contributed by atoms with E-state index < -0.39 is 5.91 Å². The van der Waals surface area contributed by atoms with Crippen LogP contribution in [-0.2, 0) is 0 Å². The van der Waals surface area contributed by atoms with Gasteiger partial charge in [0.1, 0.15) is 5.82 Å². The number of nitrogens with zero attached hydrogens (tertiary/aromatic N) is 4. The van der Waals surface area contributed by atoms with Crippen LogP contribution >= 0.6 is 11.3 Å². The monoisotopic (exact) mass is 329 g/mol. The maximum atomic E-state index is 13.4. The lowest BCUT2D eigenvalue weighted by atomic mass is 10.2. The van der Waals surface area contributed by atoms with Crippen molar-refractivity contribution in [1.29, 1.82) is 0 Å². The largest absolute Gasteiger partial charge is 0.459 e. The van der Waals surface area contributed by atoms with E-state index in [1.165, 1.54) is 22.9 Å². The molecule has 0 spiro atoms. The van der Waals surface area contributed by atoms with Crippen molar-refractivity contribution in [2.75, 3.05) is 5.32 Å². The fraction of sp³-hybridized carbons (Fsp3) is 0. The zero-order valence-electron chi connectivity index (χ0n) is 11.4. The van der Waals surface area contributed by atoms with Gasteiger partial charge in [0.2, 0.25) is 10.1 Å². The van der Waals surface area contributed by atoms with E-state index in [0.29, 0.717) is 21.5 Å². The fourth-order valence-electron chi connectivity index (χ4n) is 2.04. The molecule has 9 heteroatoms. The highest BCUT2D eigenvalue weighted by molar-refractivity contribution is 7.20. The number of carbonyl (C=O) groups is 1. The van der Waals surface area contributed by atoms with Crippen molar-refractivity contribution >= 4 is 27.3 Å². The maximum absolute atomic E-state index is 13.4. The number of hydrogen-bond acceptors (Lipinski definition) is 6. The third kappa shape index (κ3) is 2.46.